The number of nitrogens with one attached hydrogen (secondary N) is 1. The van der Waals surface area contributed by atoms with E-state index in [1.165, 1.54) is 0 Å². The van der Waals surface area contributed by atoms with Crippen molar-refractivity contribution >= 4 is 21.6 Å². The molecule has 1 N–H and O–H groups in total. The highest BCUT2D eigenvalue weighted by Gasteiger charge is 1.98. The van der Waals surface area contributed by atoms with Crippen LogP contribution in [0.25, 0.3) is 0 Å². The summed E-state index contributed by atoms with van der Waals surface area (Å²) < 4.78 is 1.04. The molecule has 3 heteroatoms. The highest BCUT2D eigenvalue weighted by atomic mass is 79.9. The fourth-order valence-electron chi connectivity index (χ4n) is 0.741. The lowest BCUT2D eigenvalue weighted by atomic mass is 10.3. The normalized spacial score (nSPS) is 9.50. The smallest absolute Gasteiger partial charge is 0.0619 e. The number of hydrogen-bond acceptors (Lipinski definition) is 2. The molecule has 1 rings (SSSR count). The van der Waals surface area contributed by atoms with E-state index in [4.69, 9.17) is 0 Å². The number of aryl methyl sites for hydroxylation is 1. The Hall–Kier alpha value is -0.570. The van der Waals surface area contributed by atoms with Gasteiger partial charge in [0, 0.05) is 13.2 Å². The first-order valence-corrected chi connectivity index (χ1v) is 3.84. The van der Waals surface area contributed by atoms with Crippen LogP contribution in [-0.4, -0.2) is 12.0 Å². The molecule has 0 fully saturated rings. The van der Waals surface area contributed by atoms with Crippen LogP contribution in [0.4, 0.5) is 5.69 Å². The molecule has 10 heavy (non-hydrogen) atoms. The quantitative estimate of drug-likeness (QED) is 0.753. The minimum Gasteiger partial charge on any atom is -0.387 e. The first-order valence-electron chi connectivity index (χ1n) is 3.04. The van der Waals surface area contributed by atoms with Crippen LogP contribution in [0.3, 0.4) is 0 Å². The Bertz CT molecular complexity index is 235. The van der Waals surface area contributed by atoms with Gasteiger partial charge in [-0.05, 0) is 28.9 Å². The van der Waals surface area contributed by atoms with Gasteiger partial charge >= 0.3 is 0 Å². The molecule has 0 amide bonds. The van der Waals surface area contributed by atoms with Gasteiger partial charge in [-0.25, -0.2) is 0 Å². The number of halogens is 1. The molecule has 0 aliphatic rings. The number of rotatable bonds is 1. The topological polar surface area (TPSA) is 24.9 Å². The Morgan fingerprint density at radius 3 is 2.80 bits per heavy atom. The summed E-state index contributed by atoms with van der Waals surface area (Å²) in [6.45, 7) is 1.96. The number of pyridine rings is 1. The van der Waals surface area contributed by atoms with Gasteiger partial charge in [-0.2, -0.15) is 0 Å². The molecular weight excluding hydrogens is 192 g/mol. The molecule has 0 radical (unpaired) electrons. The predicted octanol–water partition coefficient (Wildman–Crippen LogP) is 2.19. The monoisotopic (exact) mass is 200 g/mol. The van der Waals surface area contributed by atoms with E-state index in [0.29, 0.717) is 0 Å². The zero-order valence-corrected chi connectivity index (χ0v) is 7.57. The molecule has 0 aromatic carbocycles. The molecule has 0 unspecified atom stereocenters. The van der Waals surface area contributed by atoms with Gasteiger partial charge in [-0.3, -0.25) is 4.98 Å². The second kappa shape index (κ2) is 3.01. The van der Waals surface area contributed by atoms with E-state index < -0.39 is 0 Å². The average Bonchev–Trinajstić information content (AvgIpc) is 1.95. The third-order valence-electron chi connectivity index (χ3n) is 1.33. The van der Waals surface area contributed by atoms with E-state index in [0.717, 1.165) is 15.9 Å². The molecular formula is C7H9BrN2. The minimum absolute atomic E-state index is 1.01. The molecule has 1 heterocycles. The Morgan fingerprint density at radius 2 is 2.30 bits per heavy atom. The Morgan fingerprint density at radius 1 is 1.60 bits per heavy atom. The number of hydrogen-bond donors (Lipinski definition) is 1. The summed E-state index contributed by atoms with van der Waals surface area (Å²) in [6.07, 6.45) is 1.78. The van der Waals surface area contributed by atoms with Crippen LogP contribution in [0, 0.1) is 6.92 Å². The molecule has 1 aromatic heterocycles. The van der Waals surface area contributed by atoms with E-state index >= 15 is 0 Å². The lowest BCUT2D eigenvalue weighted by Gasteiger charge is -2.03. The first kappa shape index (κ1) is 7.54. The summed E-state index contributed by atoms with van der Waals surface area (Å²) in [6, 6.07) is 1.93. The number of anilines is 1. The van der Waals surface area contributed by atoms with Crippen LogP contribution in [0.1, 0.15) is 5.69 Å². The van der Waals surface area contributed by atoms with Crippen molar-refractivity contribution in [2.24, 2.45) is 0 Å². The van der Waals surface area contributed by atoms with E-state index in [1.807, 2.05) is 20.0 Å². The molecule has 1 aromatic rings. The van der Waals surface area contributed by atoms with Crippen LogP contribution in [0.2, 0.25) is 0 Å². The third-order valence-corrected chi connectivity index (χ3v) is 2.33. The van der Waals surface area contributed by atoms with E-state index in [1.54, 1.807) is 6.20 Å². The maximum absolute atomic E-state index is 4.10. The summed E-state index contributed by atoms with van der Waals surface area (Å²) >= 11 is 3.42. The van der Waals surface area contributed by atoms with Crippen LogP contribution < -0.4 is 5.32 Å². The van der Waals surface area contributed by atoms with E-state index in [-0.39, 0.29) is 0 Å². The third kappa shape index (κ3) is 1.29. The molecule has 54 valence electrons. The van der Waals surface area contributed by atoms with Crippen LogP contribution in [0.15, 0.2) is 16.7 Å². The Balaban J connectivity index is 3.14. The largest absolute Gasteiger partial charge is 0.387 e. The maximum atomic E-state index is 4.10. The maximum Gasteiger partial charge on any atom is 0.0619 e. The van der Waals surface area contributed by atoms with Crippen molar-refractivity contribution in [1.29, 1.82) is 0 Å². The zero-order valence-electron chi connectivity index (χ0n) is 5.98. The molecule has 0 saturated heterocycles. The van der Waals surface area contributed by atoms with E-state index in [9.17, 15) is 0 Å². The van der Waals surface area contributed by atoms with E-state index in [2.05, 4.69) is 26.2 Å². The lowest BCUT2D eigenvalue weighted by Crippen LogP contribution is -1.92. The SMILES string of the molecule is CNc1ccnc(C)c1Br. The number of nitrogens with zero attached hydrogens (tertiary/aromatic N) is 1. The van der Waals surface area contributed by atoms with Gasteiger partial charge in [-0.15, -0.1) is 0 Å². The Labute approximate surface area is 68.8 Å². The number of aromatic nitrogens is 1. The van der Waals surface area contributed by atoms with Crippen LogP contribution in [0.5, 0.6) is 0 Å². The van der Waals surface area contributed by atoms with Crippen LogP contribution >= 0.6 is 15.9 Å². The summed E-state index contributed by atoms with van der Waals surface area (Å²) in [4.78, 5) is 4.10. The summed E-state index contributed by atoms with van der Waals surface area (Å²) in [5, 5.41) is 3.05. The van der Waals surface area contributed by atoms with Crippen molar-refractivity contribution in [1.82, 2.24) is 4.98 Å². The fourth-order valence-corrected chi connectivity index (χ4v) is 1.17. The molecule has 0 atom stereocenters. The molecule has 0 bridgehead atoms. The molecule has 0 spiro atoms. The summed E-state index contributed by atoms with van der Waals surface area (Å²) in [5.41, 5.74) is 2.08. The molecule has 0 saturated carbocycles. The zero-order chi connectivity index (χ0) is 7.56. The predicted molar refractivity (Wildman–Crippen MR) is 46.2 cm³/mol. The van der Waals surface area contributed by atoms with Gasteiger partial charge in [0.2, 0.25) is 0 Å². The van der Waals surface area contributed by atoms with Gasteiger partial charge in [0.25, 0.3) is 0 Å². The van der Waals surface area contributed by atoms with Crippen molar-refractivity contribution in [3.05, 3.63) is 22.4 Å². The fraction of sp³-hybridized carbons (Fsp3) is 0.286. The first-order chi connectivity index (χ1) is 4.75. The van der Waals surface area contributed by atoms with Crippen molar-refractivity contribution < 1.29 is 0 Å². The second-order valence-corrected chi connectivity index (χ2v) is 2.80. The second-order valence-electron chi connectivity index (χ2n) is 2.01. The van der Waals surface area contributed by atoms with Gasteiger partial charge in [0.05, 0.1) is 15.9 Å². The highest BCUT2D eigenvalue weighted by Crippen LogP contribution is 2.22. The van der Waals surface area contributed by atoms with Crippen molar-refractivity contribution in [3.63, 3.8) is 0 Å². The van der Waals surface area contributed by atoms with Crippen molar-refractivity contribution in [2.75, 3.05) is 12.4 Å². The average molecular weight is 201 g/mol. The standard InChI is InChI=1S/C7H9BrN2/c1-5-7(8)6(9-2)3-4-10-5/h3-4H,1-2H3,(H,9,10). The van der Waals surface area contributed by atoms with Gasteiger partial charge in [0.1, 0.15) is 0 Å². The van der Waals surface area contributed by atoms with Crippen molar-refractivity contribution in [2.45, 2.75) is 6.92 Å². The van der Waals surface area contributed by atoms with Gasteiger partial charge < -0.3 is 5.32 Å². The summed E-state index contributed by atoms with van der Waals surface area (Å²) in [7, 11) is 1.89. The molecule has 0 aliphatic carbocycles. The van der Waals surface area contributed by atoms with Crippen molar-refractivity contribution in [3.8, 4) is 0 Å². The minimum atomic E-state index is 1.01. The van der Waals surface area contributed by atoms with Crippen LogP contribution in [-0.2, 0) is 0 Å². The molecule has 2 nitrogen and oxygen atoms in total. The Kier molecular flexibility index (Phi) is 2.27. The highest BCUT2D eigenvalue weighted by molar-refractivity contribution is 9.10. The lowest BCUT2D eigenvalue weighted by molar-refractivity contribution is 1.18. The molecule has 0 aliphatic heterocycles. The van der Waals surface area contributed by atoms with Gasteiger partial charge in [0.15, 0.2) is 0 Å². The van der Waals surface area contributed by atoms with Gasteiger partial charge in [-0.1, -0.05) is 0 Å². The summed E-state index contributed by atoms with van der Waals surface area (Å²) in [5.74, 6) is 0.